The van der Waals surface area contributed by atoms with Crippen LogP contribution in [0.15, 0.2) is 35.7 Å². The van der Waals surface area contributed by atoms with E-state index in [-0.39, 0.29) is 24.9 Å². The molecule has 2 N–H and O–H groups in total. The Morgan fingerprint density at radius 1 is 1.26 bits per heavy atom. The van der Waals surface area contributed by atoms with Gasteiger partial charge in [0.1, 0.15) is 12.6 Å². The van der Waals surface area contributed by atoms with E-state index in [1.165, 1.54) is 7.11 Å². The van der Waals surface area contributed by atoms with E-state index in [4.69, 9.17) is 19.9 Å². The molecule has 0 spiro atoms. The maximum atomic E-state index is 12.4. The molecule has 0 radical (unpaired) electrons. The van der Waals surface area contributed by atoms with E-state index in [1.807, 2.05) is 42.6 Å². The van der Waals surface area contributed by atoms with Crippen LogP contribution in [0.4, 0.5) is 0 Å². The average molecular weight is 415 g/mol. The smallest absolute Gasteiger partial charge is 0.242 e. The maximum absolute atomic E-state index is 12.4. The number of ether oxygens (including phenoxy) is 3. The summed E-state index contributed by atoms with van der Waals surface area (Å²) in [4.78, 5) is 15.2. The Hall–Kier alpha value is -1.80. The zero-order chi connectivity index (χ0) is 18.9. The second-order valence-electron chi connectivity index (χ2n) is 5.77. The third-order valence-corrected chi connectivity index (χ3v) is 4.76. The van der Waals surface area contributed by atoms with E-state index < -0.39 is 6.04 Å². The molecule has 0 aliphatic rings. The molecule has 150 valence electrons. The normalized spacial score (nSPS) is 11.4. The van der Waals surface area contributed by atoms with E-state index in [0.29, 0.717) is 31.2 Å². The fourth-order valence-corrected chi connectivity index (χ4v) is 3.14. The maximum Gasteiger partial charge on any atom is 0.242 e. The molecule has 0 saturated heterocycles. The van der Waals surface area contributed by atoms with Crippen molar-refractivity contribution in [3.05, 3.63) is 46.2 Å². The molecule has 1 aromatic carbocycles. The van der Waals surface area contributed by atoms with Crippen LogP contribution >= 0.6 is 23.7 Å². The minimum atomic E-state index is -0.657. The summed E-state index contributed by atoms with van der Waals surface area (Å²) in [7, 11) is 3.14. The van der Waals surface area contributed by atoms with Gasteiger partial charge >= 0.3 is 0 Å². The topological polar surface area (TPSA) is 74.0 Å². The Morgan fingerprint density at radius 2 is 2.04 bits per heavy atom. The molecule has 0 aliphatic heterocycles. The van der Waals surface area contributed by atoms with E-state index >= 15 is 0 Å². The summed E-state index contributed by atoms with van der Waals surface area (Å²) in [6.07, 6.45) is 0. The van der Waals surface area contributed by atoms with Crippen molar-refractivity contribution in [3.8, 4) is 11.5 Å². The quantitative estimate of drug-likeness (QED) is 0.646. The number of nitrogens with two attached hydrogens (primary N) is 1. The molecule has 27 heavy (non-hydrogen) atoms. The summed E-state index contributed by atoms with van der Waals surface area (Å²) in [5, 5.41) is 2.02. The highest BCUT2D eigenvalue weighted by Crippen LogP contribution is 2.29. The molecular formula is C19H27ClN2O4S. The van der Waals surface area contributed by atoms with Gasteiger partial charge in [-0.05, 0) is 36.1 Å². The van der Waals surface area contributed by atoms with Crippen molar-refractivity contribution in [3.63, 3.8) is 0 Å². The standard InChI is InChI=1S/C19H26N2O4S.ClH/c1-4-21(19(22)16(20)13-23-2)11-14-7-8-17(18(10-14)24-3)25-12-15-6-5-9-26-15;/h5-10,16H,4,11-13,20H2,1-3H3;1H. The fraction of sp³-hybridized carbons (Fsp3) is 0.421. The lowest BCUT2D eigenvalue weighted by Crippen LogP contribution is -2.45. The molecule has 1 unspecified atom stereocenters. The van der Waals surface area contributed by atoms with Crippen LogP contribution in [0.1, 0.15) is 17.4 Å². The van der Waals surface area contributed by atoms with Gasteiger partial charge in [-0.1, -0.05) is 12.1 Å². The summed E-state index contributed by atoms with van der Waals surface area (Å²) in [5.41, 5.74) is 6.81. The Morgan fingerprint density at radius 3 is 2.63 bits per heavy atom. The number of nitrogens with zero attached hydrogens (tertiary/aromatic N) is 1. The largest absolute Gasteiger partial charge is 0.493 e. The molecule has 0 saturated carbocycles. The van der Waals surface area contributed by atoms with E-state index in [0.717, 1.165) is 10.4 Å². The minimum Gasteiger partial charge on any atom is -0.493 e. The van der Waals surface area contributed by atoms with E-state index in [1.54, 1.807) is 23.3 Å². The lowest BCUT2D eigenvalue weighted by molar-refractivity contribution is -0.134. The van der Waals surface area contributed by atoms with Crippen LogP contribution in [0.25, 0.3) is 0 Å². The first kappa shape index (κ1) is 23.2. The van der Waals surface area contributed by atoms with Crippen LogP contribution in [0, 0.1) is 0 Å². The summed E-state index contributed by atoms with van der Waals surface area (Å²) in [5.74, 6) is 1.19. The zero-order valence-corrected chi connectivity index (χ0v) is 17.5. The number of carbonyl (C=O) groups excluding carboxylic acids is 1. The molecule has 2 rings (SSSR count). The minimum absolute atomic E-state index is 0. The number of carbonyl (C=O) groups is 1. The third kappa shape index (κ3) is 6.70. The lowest BCUT2D eigenvalue weighted by atomic mass is 10.1. The van der Waals surface area contributed by atoms with Crippen LogP contribution in [-0.4, -0.2) is 44.2 Å². The van der Waals surface area contributed by atoms with Gasteiger partial charge in [0.2, 0.25) is 5.91 Å². The fourth-order valence-electron chi connectivity index (χ4n) is 2.52. The van der Waals surface area contributed by atoms with Gasteiger partial charge < -0.3 is 24.8 Å². The predicted octanol–water partition coefficient (Wildman–Crippen LogP) is 3.08. The van der Waals surface area contributed by atoms with Crippen molar-refractivity contribution < 1.29 is 19.0 Å². The number of rotatable bonds is 10. The molecule has 1 aromatic heterocycles. The first-order chi connectivity index (χ1) is 12.6. The molecule has 1 amide bonds. The van der Waals surface area contributed by atoms with Gasteiger partial charge in [0.05, 0.1) is 13.7 Å². The first-order valence-electron chi connectivity index (χ1n) is 8.44. The average Bonchev–Trinajstić information content (AvgIpc) is 3.18. The summed E-state index contributed by atoms with van der Waals surface area (Å²) >= 11 is 1.65. The highest BCUT2D eigenvalue weighted by Gasteiger charge is 2.20. The number of methoxy groups -OCH3 is 2. The van der Waals surface area contributed by atoms with Gasteiger partial charge in [-0.15, -0.1) is 23.7 Å². The molecule has 8 heteroatoms. The summed E-state index contributed by atoms with van der Waals surface area (Å²) in [6.45, 7) is 3.64. The van der Waals surface area contributed by atoms with Gasteiger partial charge in [0.15, 0.2) is 11.5 Å². The van der Waals surface area contributed by atoms with Gasteiger partial charge in [-0.25, -0.2) is 0 Å². The van der Waals surface area contributed by atoms with Crippen LogP contribution in [0.3, 0.4) is 0 Å². The molecule has 1 atom stereocenters. The van der Waals surface area contributed by atoms with Crippen LogP contribution < -0.4 is 15.2 Å². The number of amides is 1. The third-order valence-electron chi connectivity index (χ3n) is 3.91. The first-order valence-corrected chi connectivity index (χ1v) is 9.32. The number of hydrogen-bond acceptors (Lipinski definition) is 6. The van der Waals surface area contributed by atoms with Gasteiger partial charge in [0, 0.05) is 25.1 Å². The number of benzene rings is 1. The highest BCUT2D eigenvalue weighted by atomic mass is 35.5. The van der Waals surface area contributed by atoms with Gasteiger partial charge in [-0.3, -0.25) is 4.79 Å². The van der Waals surface area contributed by atoms with Crippen LogP contribution in [0.2, 0.25) is 0 Å². The summed E-state index contributed by atoms with van der Waals surface area (Å²) < 4.78 is 16.3. The molecule has 6 nitrogen and oxygen atoms in total. The number of halogens is 1. The van der Waals surface area contributed by atoms with Gasteiger partial charge in [-0.2, -0.15) is 0 Å². The summed E-state index contributed by atoms with van der Waals surface area (Å²) in [6, 6.07) is 9.06. The highest BCUT2D eigenvalue weighted by molar-refractivity contribution is 7.09. The van der Waals surface area contributed by atoms with Crippen LogP contribution in [0.5, 0.6) is 11.5 Å². The van der Waals surface area contributed by atoms with Crippen molar-refractivity contribution in [1.82, 2.24) is 4.90 Å². The van der Waals surface area contributed by atoms with E-state index in [9.17, 15) is 4.79 Å². The molecular weight excluding hydrogens is 388 g/mol. The molecule has 2 aromatic rings. The number of thiophene rings is 1. The van der Waals surface area contributed by atoms with Crippen molar-refractivity contribution >= 4 is 29.7 Å². The second kappa shape index (κ2) is 11.8. The monoisotopic (exact) mass is 414 g/mol. The second-order valence-corrected chi connectivity index (χ2v) is 6.80. The molecule has 0 aliphatic carbocycles. The predicted molar refractivity (Wildman–Crippen MR) is 110 cm³/mol. The van der Waals surface area contributed by atoms with E-state index in [2.05, 4.69) is 0 Å². The van der Waals surface area contributed by atoms with Crippen molar-refractivity contribution in [1.29, 1.82) is 0 Å². The lowest BCUT2D eigenvalue weighted by Gasteiger charge is -2.24. The number of hydrogen-bond donors (Lipinski definition) is 1. The van der Waals surface area contributed by atoms with Crippen molar-refractivity contribution in [2.45, 2.75) is 26.1 Å². The Balaban J connectivity index is 0.00000364. The molecule has 1 heterocycles. The number of likely N-dealkylation sites (N-methyl/N-ethyl adjacent to an activating group) is 1. The van der Waals surface area contributed by atoms with Gasteiger partial charge in [0.25, 0.3) is 0 Å². The van der Waals surface area contributed by atoms with Crippen molar-refractivity contribution in [2.24, 2.45) is 5.73 Å². The molecule has 0 bridgehead atoms. The Labute approximate surface area is 170 Å². The van der Waals surface area contributed by atoms with Crippen molar-refractivity contribution in [2.75, 3.05) is 27.4 Å². The Kier molecular flexibility index (Phi) is 10.2. The Bertz CT molecular complexity index is 697. The van der Waals surface area contributed by atoms with Crippen LogP contribution in [-0.2, 0) is 22.7 Å². The molecule has 0 fully saturated rings. The zero-order valence-electron chi connectivity index (χ0n) is 15.8. The SMILES string of the molecule is CCN(Cc1ccc(OCc2cccs2)c(OC)c1)C(=O)C(N)COC.Cl.